The van der Waals surface area contributed by atoms with Crippen molar-refractivity contribution in [2.24, 2.45) is 0 Å². The van der Waals surface area contributed by atoms with E-state index < -0.39 is 16.1 Å². The molecule has 0 radical (unpaired) electrons. The molecule has 0 amide bonds. The van der Waals surface area contributed by atoms with Crippen molar-refractivity contribution >= 4 is 178 Å². The Bertz CT molecular complexity index is 4140. The van der Waals surface area contributed by atoms with Gasteiger partial charge in [0, 0.05) is 50.8 Å². The van der Waals surface area contributed by atoms with Crippen LogP contribution in [0.3, 0.4) is 0 Å². The molecule has 0 aliphatic rings. The van der Waals surface area contributed by atoms with Crippen molar-refractivity contribution in [3.05, 3.63) is 328 Å². The van der Waals surface area contributed by atoms with Gasteiger partial charge in [-0.1, -0.05) is 309 Å². The molecule has 14 aromatic rings. The maximum Gasteiger partial charge on any atom is 0.179 e. The van der Waals surface area contributed by atoms with Gasteiger partial charge in [-0.15, -0.1) is 0 Å². The standard InChI is InChI=1S/C36H26BrNSi.C30H23NSi.C6H4BrI.CH3I/c37-27-13-12-14-28(25-27)38-35-22-11-10-21-33(35)34-26-32(23-24-36(34)38)39(29-15-4-1-5-16-29,30-17-6-2-7-18-30)31-19-8-3-9-20-31;1-4-12-23(13-5-1)32(24-14-6-2-7-15-24,25-16-8-3-9-17-25)26-20-21-30-28(22-26)27-18-10-11-19-29(27)31-30;7-5-2-1-3-6(8)4-5;1-2/h1-26H;1-22,31H;1-4H;1H3. The number of aromatic amines is 1. The molecule has 0 atom stereocenters. The lowest BCUT2D eigenvalue weighted by atomic mass is 10.1. The molecule has 2 aromatic heterocycles. The number of halogens is 4. The van der Waals surface area contributed by atoms with Gasteiger partial charge in [0.2, 0.25) is 0 Å². The number of aromatic nitrogens is 2. The average molecular weight is 1430 g/mol. The van der Waals surface area contributed by atoms with Gasteiger partial charge in [-0.2, -0.15) is 0 Å². The van der Waals surface area contributed by atoms with Crippen LogP contribution in [0.15, 0.2) is 324 Å². The quantitative estimate of drug-likeness (QED) is 0.0644. The minimum Gasteiger partial charge on any atom is -0.355 e. The van der Waals surface area contributed by atoms with Crippen LogP contribution in [0.1, 0.15) is 0 Å². The van der Waals surface area contributed by atoms with E-state index >= 15 is 0 Å². The van der Waals surface area contributed by atoms with E-state index in [9.17, 15) is 0 Å². The molecule has 0 aliphatic carbocycles. The fourth-order valence-corrected chi connectivity index (χ4v) is 23.1. The van der Waals surface area contributed by atoms with Crippen LogP contribution in [0, 0.1) is 3.57 Å². The molecule has 0 bridgehead atoms. The van der Waals surface area contributed by atoms with Crippen LogP contribution in [0.5, 0.6) is 0 Å². The van der Waals surface area contributed by atoms with E-state index in [0.29, 0.717) is 0 Å². The van der Waals surface area contributed by atoms with Crippen molar-refractivity contribution in [1.82, 2.24) is 9.55 Å². The Labute approximate surface area is 521 Å². The zero-order valence-electron chi connectivity index (χ0n) is 44.5. The Morgan fingerprint density at radius 2 is 0.667 bits per heavy atom. The molecule has 1 N–H and O–H groups in total. The van der Waals surface area contributed by atoms with Crippen LogP contribution in [0.25, 0.3) is 49.3 Å². The molecule has 14 rings (SSSR count). The van der Waals surface area contributed by atoms with Crippen LogP contribution in [0.4, 0.5) is 0 Å². The summed E-state index contributed by atoms with van der Waals surface area (Å²) in [6, 6.07) is 115. The Kier molecular flexibility index (Phi) is 17.9. The van der Waals surface area contributed by atoms with Gasteiger partial charge in [0.1, 0.15) is 0 Å². The highest BCUT2D eigenvalue weighted by molar-refractivity contribution is 14.1. The van der Waals surface area contributed by atoms with Crippen LogP contribution >= 0.6 is 77.0 Å². The second-order valence-corrected chi connectivity index (χ2v) is 30.3. The molecule has 0 aliphatic heterocycles. The van der Waals surface area contributed by atoms with E-state index in [0.717, 1.165) is 14.6 Å². The molecule has 81 heavy (non-hydrogen) atoms. The predicted molar refractivity (Wildman–Crippen MR) is 378 cm³/mol. The summed E-state index contributed by atoms with van der Waals surface area (Å²) in [7, 11) is -5.09. The Balaban J connectivity index is 0.000000148. The first-order valence-electron chi connectivity index (χ1n) is 26.9. The molecular weight excluding hydrogens is 1370 g/mol. The van der Waals surface area contributed by atoms with Crippen molar-refractivity contribution in [2.75, 3.05) is 4.93 Å². The number of hydrogen-bond donors (Lipinski definition) is 1. The number of alkyl halides is 1. The summed E-state index contributed by atoms with van der Waals surface area (Å²) in [6.07, 6.45) is 0. The SMILES string of the molecule is Brc1cccc(-n2c3ccccc3c3cc([Si](c4ccccc4)(c4ccccc4)c4ccccc4)ccc32)c1.Brc1cccc(I)c1.CI.c1ccc([Si](c2ccccc2)(c2ccccc2)c2ccc3[nH]c4ccccc4c3c2)cc1. The van der Waals surface area contributed by atoms with E-state index in [1.807, 2.05) is 17.1 Å². The van der Waals surface area contributed by atoms with Gasteiger partial charge in [-0.05, 0) is 130 Å². The fraction of sp³-hybridized carbons (Fsp3) is 0.0137. The van der Waals surface area contributed by atoms with E-state index in [1.165, 1.54) is 88.7 Å². The fourth-order valence-electron chi connectivity index (χ4n) is 11.8. The van der Waals surface area contributed by atoms with E-state index in [4.69, 9.17) is 0 Å². The third-order valence-corrected chi connectivity index (χ3v) is 26.3. The summed E-state index contributed by atoms with van der Waals surface area (Å²) in [6.45, 7) is 0. The summed E-state index contributed by atoms with van der Waals surface area (Å²) in [5, 5.41) is 16.3. The highest BCUT2D eigenvalue weighted by atomic mass is 127. The molecule has 8 heteroatoms. The van der Waals surface area contributed by atoms with Gasteiger partial charge in [0.15, 0.2) is 16.1 Å². The lowest BCUT2D eigenvalue weighted by Crippen LogP contribution is -2.74. The Morgan fingerprint density at radius 3 is 1.11 bits per heavy atom. The molecular formula is C73H56Br2I2N2Si2. The topological polar surface area (TPSA) is 20.7 Å². The lowest BCUT2D eigenvalue weighted by molar-refractivity contribution is 1.18. The molecule has 394 valence electrons. The summed E-state index contributed by atoms with van der Waals surface area (Å²) >= 11 is 11.5. The van der Waals surface area contributed by atoms with Crippen molar-refractivity contribution in [2.45, 2.75) is 0 Å². The minimum atomic E-state index is -2.60. The van der Waals surface area contributed by atoms with Crippen LogP contribution in [-0.4, -0.2) is 30.6 Å². The van der Waals surface area contributed by atoms with Crippen molar-refractivity contribution in [3.63, 3.8) is 0 Å². The lowest BCUT2D eigenvalue weighted by Gasteiger charge is -2.34. The van der Waals surface area contributed by atoms with Gasteiger partial charge >= 0.3 is 0 Å². The normalized spacial score (nSPS) is 11.3. The second-order valence-electron chi connectivity index (χ2n) is 19.6. The van der Waals surface area contributed by atoms with Gasteiger partial charge < -0.3 is 9.55 Å². The van der Waals surface area contributed by atoms with E-state index in [-0.39, 0.29) is 0 Å². The molecule has 0 saturated heterocycles. The third kappa shape index (κ3) is 11.3. The van der Waals surface area contributed by atoms with E-state index in [2.05, 4.69) is 390 Å². The zero-order chi connectivity index (χ0) is 55.6. The number of fused-ring (bicyclic) bond motifs is 6. The maximum absolute atomic E-state index is 3.68. The van der Waals surface area contributed by atoms with Gasteiger partial charge in [0.05, 0.1) is 11.0 Å². The van der Waals surface area contributed by atoms with Crippen molar-refractivity contribution in [1.29, 1.82) is 0 Å². The molecule has 0 saturated carbocycles. The first-order chi connectivity index (χ1) is 39.9. The summed E-state index contributed by atoms with van der Waals surface area (Å²) < 4.78 is 5.86. The first-order valence-corrected chi connectivity index (χ1v) is 35.7. The summed E-state index contributed by atoms with van der Waals surface area (Å²) in [5.41, 5.74) is 5.96. The second kappa shape index (κ2) is 25.9. The smallest absolute Gasteiger partial charge is 0.179 e. The Hall–Kier alpha value is -6.91. The number of rotatable bonds is 9. The largest absolute Gasteiger partial charge is 0.355 e. The van der Waals surface area contributed by atoms with Crippen LogP contribution < -0.4 is 41.5 Å². The van der Waals surface area contributed by atoms with Gasteiger partial charge in [-0.25, -0.2) is 0 Å². The number of hydrogen-bond acceptors (Lipinski definition) is 0. The predicted octanol–water partition coefficient (Wildman–Crippen LogP) is 15.7. The number of benzene rings is 12. The molecule has 2 heterocycles. The molecule has 12 aromatic carbocycles. The highest BCUT2D eigenvalue weighted by Gasteiger charge is 2.43. The number of para-hydroxylation sites is 2. The molecule has 2 nitrogen and oxygen atoms in total. The monoisotopic (exact) mass is 1430 g/mol. The molecule has 0 unspecified atom stereocenters. The third-order valence-electron chi connectivity index (χ3n) is 15.1. The number of nitrogens with zero attached hydrogens (tertiary/aromatic N) is 1. The molecule has 0 fully saturated rings. The van der Waals surface area contributed by atoms with Crippen LogP contribution in [-0.2, 0) is 0 Å². The van der Waals surface area contributed by atoms with Crippen molar-refractivity contribution < 1.29 is 0 Å². The van der Waals surface area contributed by atoms with Gasteiger partial charge in [-0.3, -0.25) is 0 Å². The summed E-state index contributed by atoms with van der Waals surface area (Å²) in [5.74, 6) is 0. The first kappa shape index (κ1) is 56.0. The zero-order valence-corrected chi connectivity index (χ0v) is 54.0. The summed E-state index contributed by atoms with van der Waals surface area (Å²) in [4.78, 5) is 5.56. The minimum absolute atomic E-state index is 1.08. The van der Waals surface area contributed by atoms with E-state index in [1.54, 1.807) is 0 Å². The maximum atomic E-state index is 3.68. The molecule has 0 spiro atoms. The Morgan fingerprint density at radius 1 is 0.296 bits per heavy atom. The highest BCUT2D eigenvalue weighted by Crippen LogP contribution is 2.33. The van der Waals surface area contributed by atoms with Gasteiger partial charge in [0.25, 0.3) is 0 Å². The van der Waals surface area contributed by atoms with Crippen LogP contribution in [0.2, 0.25) is 0 Å². The number of H-pyrrole nitrogens is 1. The average Bonchev–Trinajstić information content (AvgIpc) is 3.92. The number of nitrogens with one attached hydrogen (secondary N) is 1. The van der Waals surface area contributed by atoms with Crippen molar-refractivity contribution in [3.8, 4) is 5.69 Å².